The molecule has 0 aliphatic heterocycles. The van der Waals surface area contributed by atoms with Crippen molar-refractivity contribution in [1.82, 2.24) is 15.0 Å². The number of aromatic nitrogens is 3. The number of benzene rings is 1. The molecule has 3 rings (SSSR count). The summed E-state index contributed by atoms with van der Waals surface area (Å²) in [6.45, 7) is 6.03. The first-order valence-electron chi connectivity index (χ1n) is 7.73. The zero-order valence-electron chi connectivity index (χ0n) is 13.9. The summed E-state index contributed by atoms with van der Waals surface area (Å²) < 4.78 is 0.852. The summed E-state index contributed by atoms with van der Waals surface area (Å²) in [5, 5.41) is 10.7. The predicted molar refractivity (Wildman–Crippen MR) is 108 cm³/mol. The van der Waals surface area contributed by atoms with Crippen molar-refractivity contribution >= 4 is 49.6 Å². The molecule has 0 fully saturated rings. The highest BCUT2D eigenvalue weighted by atomic mass is 79.9. The van der Waals surface area contributed by atoms with Crippen LogP contribution >= 0.6 is 27.7 Å². The standard InChI is InChI=1S/C18H15BrN4O2S/c1-3-21-17(26-10(2)18(24)25)12-6-11-8-14(15-9-20-4-5-22-15)23-16(11)13(19)7-12/h4-9,23H,2-3H2,1H3,(H,24,25). The molecule has 0 unspecified atom stereocenters. The molecule has 0 atom stereocenters. The van der Waals surface area contributed by atoms with Gasteiger partial charge in [-0.05, 0) is 41.1 Å². The molecule has 2 aromatic heterocycles. The third kappa shape index (κ3) is 3.86. The minimum Gasteiger partial charge on any atom is -0.477 e. The Hall–Kier alpha value is -2.45. The average molecular weight is 431 g/mol. The van der Waals surface area contributed by atoms with Gasteiger partial charge in [0, 0.05) is 34.4 Å². The van der Waals surface area contributed by atoms with E-state index >= 15 is 0 Å². The number of carboxylic acids is 1. The van der Waals surface area contributed by atoms with Crippen LogP contribution in [0.15, 0.2) is 57.7 Å². The molecule has 0 saturated carbocycles. The Bertz CT molecular complexity index is 1010. The molecule has 2 heterocycles. The molecule has 132 valence electrons. The van der Waals surface area contributed by atoms with Crippen LogP contribution in [0.4, 0.5) is 0 Å². The van der Waals surface area contributed by atoms with E-state index < -0.39 is 5.97 Å². The number of aliphatic imine (C=N–C) groups is 1. The number of H-pyrrole nitrogens is 1. The lowest BCUT2D eigenvalue weighted by Crippen LogP contribution is -2.02. The number of thioether (sulfide) groups is 1. The molecular weight excluding hydrogens is 416 g/mol. The highest BCUT2D eigenvalue weighted by molar-refractivity contribution is 9.10. The predicted octanol–water partition coefficient (Wildman–Crippen LogP) is 4.49. The monoisotopic (exact) mass is 430 g/mol. The Morgan fingerprint density at radius 3 is 2.85 bits per heavy atom. The Morgan fingerprint density at radius 1 is 1.38 bits per heavy atom. The van der Waals surface area contributed by atoms with Crippen LogP contribution < -0.4 is 0 Å². The number of carboxylic acid groups (broad SMARTS) is 1. The molecule has 0 saturated heterocycles. The molecular formula is C18H15BrN4O2S. The van der Waals surface area contributed by atoms with Crippen LogP contribution in [-0.4, -0.2) is 37.6 Å². The molecule has 8 heteroatoms. The van der Waals surface area contributed by atoms with Crippen LogP contribution in [0.1, 0.15) is 12.5 Å². The Balaban J connectivity index is 2.05. The van der Waals surface area contributed by atoms with Crippen molar-refractivity contribution in [2.75, 3.05) is 6.54 Å². The number of aliphatic carboxylic acids is 1. The van der Waals surface area contributed by atoms with Gasteiger partial charge in [-0.1, -0.05) is 18.3 Å². The Kier molecular flexibility index (Phi) is 5.53. The largest absolute Gasteiger partial charge is 0.477 e. The molecule has 6 nitrogen and oxygen atoms in total. The van der Waals surface area contributed by atoms with Gasteiger partial charge in [0.05, 0.1) is 22.3 Å². The number of nitrogens with one attached hydrogen (secondary N) is 1. The molecule has 0 bridgehead atoms. The van der Waals surface area contributed by atoms with E-state index in [4.69, 9.17) is 5.11 Å². The number of fused-ring (bicyclic) bond motifs is 1. The normalized spacial score (nSPS) is 11.7. The maximum atomic E-state index is 11.1. The topological polar surface area (TPSA) is 91.2 Å². The molecule has 2 N–H and O–H groups in total. The van der Waals surface area contributed by atoms with Gasteiger partial charge in [-0.2, -0.15) is 0 Å². The molecule has 0 amide bonds. The van der Waals surface area contributed by atoms with Gasteiger partial charge in [-0.15, -0.1) is 0 Å². The van der Waals surface area contributed by atoms with Crippen LogP contribution in [0.5, 0.6) is 0 Å². The van der Waals surface area contributed by atoms with Crippen molar-refractivity contribution in [3.8, 4) is 11.4 Å². The van der Waals surface area contributed by atoms with E-state index in [1.807, 2.05) is 25.1 Å². The van der Waals surface area contributed by atoms with Crippen molar-refractivity contribution in [2.24, 2.45) is 4.99 Å². The van der Waals surface area contributed by atoms with E-state index in [0.29, 0.717) is 11.6 Å². The van der Waals surface area contributed by atoms with Crippen LogP contribution in [0.3, 0.4) is 0 Å². The second kappa shape index (κ2) is 7.84. The van der Waals surface area contributed by atoms with Crippen LogP contribution in [0, 0.1) is 0 Å². The first kappa shape index (κ1) is 18.3. The van der Waals surface area contributed by atoms with Crippen molar-refractivity contribution in [3.63, 3.8) is 0 Å². The van der Waals surface area contributed by atoms with E-state index in [1.165, 1.54) is 0 Å². The lowest BCUT2D eigenvalue weighted by Gasteiger charge is -2.07. The minimum atomic E-state index is -1.05. The van der Waals surface area contributed by atoms with Gasteiger partial charge in [-0.3, -0.25) is 15.0 Å². The van der Waals surface area contributed by atoms with Crippen molar-refractivity contribution < 1.29 is 9.90 Å². The van der Waals surface area contributed by atoms with Crippen molar-refractivity contribution in [1.29, 1.82) is 0 Å². The number of hydrogen-bond acceptors (Lipinski definition) is 5. The summed E-state index contributed by atoms with van der Waals surface area (Å²) in [5.74, 6) is -1.05. The van der Waals surface area contributed by atoms with Gasteiger partial charge in [0.1, 0.15) is 10.7 Å². The molecule has 3 aromatic rings. The molecule has 0 radical (unpaired) electrons. The highest BCUT2D eigenvalue weighted by Crippen LogP contribution is 2.32. The van der Waals surface area contributed by atoms with Crippen LogP contribution in [-0.2, 0) is 4.79 Å². The van der Waals surface area contributed by atoms with Crippen molar-refractivity contribution in [2.45, 2.75) is 6.92 Å². The maximum Gasteiger partial charge on any atom is 0.341 e. The van der Waals surface area contributed by atoms with Crippen LogP contribution in [0.2, 0.25) is 0 Å². The third-order valence-electron chi connectivity index (χ3n) is 3.53. The molecule has 0 spiro atoms. The maximum absolute atomic E-state index is 11.1. The van der Waals surface area contributed by atoms with Gasteiger partial charge in [0.25, 0.3) is 0 Å². The fourth-order valence-corrected chi connectivity index (χ4v) is 3.71. The Labute approximate surface area is 162 Å². The summed E-state index contributed by atoms with van der Waals surface area (Å²) in [6, 6.07) is 5.86. The van der Waals surface area contributed by atoms with Gasteiger partial charge in [-0.25, -0.2) is 4.79 Å². The second-order valence-corrected chi connectivity index (χ2v) is 7.24. The van der Waals surface area contributed by atoms with E-state index in [2.05, 4.69) is 42.5 Å². The fraction of sp³-hybridized carbons (Fsp3) is 0.111. The van der Waals surface area contributed by atoms with Gasteiger partial charge >= 0.3 is 5.97 Å². The lowest BCUT2D eigenvalue weighted by molar-refractivity contribution is -0.131. The summed E-state index contributed by atoms with van der Waals surface area (Å²) in [6.07, 6.45) is 4.96. The second-order valence-electron chi connectivity index (χ2n) is 5.31. The van der Waals surface area contributed by atoms with Gasteiger partial charge in [0.15, 0.2) is 0 Å². The number of aromatic amines is 1. The summed E-state index contributed by atoms with van der Waals surface area (Å²) in [5.41, 5.74) is 3.34. The van der Waals surface area contributed by atoms with Gasteiger partial charge in [0.2, 0.25) is 0 Å². The van der Waals surface area contributed by atoms with E-state index in [1.54, 1.807) is 18.6 Å². The lowest BCUT2D eigenvalue weighted by atomic mass is 10.1. The Morgan fingerprint density at radius 2 is 2.19 bits per heavy atom. The molecule has 0 aliphatic rings. The van der Waals surface area contributed by atoms with E-state index in [0.717, 1.165) is 44.1 Å². The first-order valence-corrected chi connectivity index (χ1v) is 9.34. The minimum absolute atomic E-state index is 0.0303. The third-order valence-corrected chi connectivity index (χ3v) is 5.13. The highest BCUT2D eigenvalue weighted by Gasteiger charge is 2.15. The smallest absolute Gasteiger partial charge is 0.341 e. The zero-order chi connectivity index (χ0) is 18.7. The van der Waals surface area contributed by atoms with E-state index in [-0.39, 0.29) is 4.91 Å². The number of hydrogen-bond donors (Lipinski definition) is 2. The molecule has 26 heavy (non-hydrogen) atoms. The number of carbonyl (C=O) groups is 1. The SMILES string of the molecule is C=C(SC(=NCC)c1cc(Br)c2[nH]c(-c3cnccn3)cc2c1)C(=O)O. The molecule has 0 aliphatic carbocycles. The average Bonchev–Trinajstić information content (AvgIpc) is 3.06. The quantitative estimate of drug-likeness (QED) is 0.353. The summed E-state index contributed by atoms with van der Waals surface area (Å²) in [7, 11) is 0. The number of rotatable bonds is 5. The first-order chi connectivity index (χ1) is 12.5. The van der Waals surface area contributed by atoms with Gasteiger partial charge < -0.3 is 10.1 Å². The fourth-order valence-electron chi connectivity index (χ4n) is 2.39. The number of nitrogens with zero attached hydrogens (tertiary/aromatic N) is 3. The van der Waals surface area contributed by atoms with Crippen LogP contribution in [0.25, 0.3) is 22.3 Å². The molecule has 1 aromatic carbocycles. The zero-order valence-corrected chi connectivity index (χ0v) is 16.3. The number of halogens is 1. The summed E-state index contributed by atoms with van der Waals surface area (Å²) in [4.78, 5) is 27.3. The van der Waals surface area contributed by atoms with E-state index in [9.17, 15) is 4.79 Å². The van der Waals surface area contributed by atoms with Crippen molar-refractivity contribution in [3.05, 3.63) is 58.3 Å². The summed E-state index contributed by atoms with van der Waals surface area (Å²) >= 11 is 4.63.